The molecule has 0 amide bonds. The van der Waals surface area contributed by atoms with Crippen molar-refractivity contribution in [3.8, 4) is 11.6 Å². The smallest absolute Gasteiger partial charge is 0.299 e. The Morgan fingerprint density at radius 1 is 1.32 bits per heavy atom. The van der Waals surface area contributed by atoms with Gasteiger partial charge in [0.2, 0.25) is 5.88 Å². The molecule has 0 N–H and O–H groups in total. The standard InChI is InChI=1S/C14H15FN2O2/c1-14(2,3)12-8-13(19-9-18)17(16-12)11-6-4-5-10(15)7-11/h4-9H,1-3H3. The van der Waals surface area contributed by atoms with Crippen LogP contribution in [0.3, 0.4) is 0 Å². The van der Waals surface area contributed by atoms with E-state index < -0.39 is 0 Å². The van der Waals surface area contributed by atoms with Gasteiger partial charge >= 0.3 is 0 Å². The Kier molecular flexibility index (Phi) is 3.38. The van der Waals surface area contributed by atoms with Crippen LogP contribution in [0.2, 0.25) is 0 Å². The number of halogens is 1. The van der Waals surface area contributed by atoms with Crippen molar-refractivity contribution in [2.45, 2.75) is 26.2 Å². The number of ether oxygens (including phenoxy) is 1. The van der Waals surface area contributed by atoms with Gasteiger partial charge in [-0.15, -0.1) is 0 Å². The fraction of sp³-hybridized carbons (Fsp3) is 0.286. The third-order valence-corrected chi connectivity index (χ3v) is 2.67. The van der Waals surface area contributed by atoms with Gasteiger partial charge in [-0.2, -0.15) is 5.10 Å². The number of carbonyl (C=O) groups excluding carboxylic acids is 1. The lowest BCUT2D eigenvalue weighted by Crippen LogP contribution is -2.12. The number of aromatic nitrogens is 2. The van der Waals surface area contributed by atoms with Gasteiger partial charge in [-0.05, 0) is 18.2 Å². The van der Waals surface area contributed by atoms with Gasteiger partial charge in [0.05, 0.1) is 11.4 Å². The third kappa shape index (κ3) is 2.81. The summed E-state index contributed by atoms with van der Waals surface area (Å²) < 4.78 is 19.6. The predicted molar refractivity (Wildman–Crippen MR) is 68.9 cm³/mol. The van der Waals surface area contributed by atoms with E-state index in [1.165, 1.54) is 16.8 Å². The average Bonchev–Trinajstić information content (AvgIpc) is 2.73. The van der Waals surface area contributed by atoms with Crippen LogP contribution in [0.4, 0.5) is 4.39 Å². The molecule has 1 heterocycles. The molecule has 0 aliphatic rings. The van der Waals surface area contributed by atoms with Crippen LogP contribution in [0.1, 0.15) is 26.5 Å². The van der Waals surface area contributed by atoms with Crippen molar-refractivity contribution in [2.75, 3.05) is 0 Å². The molecule has 0 radical (unpaired) electrons. The lowest BCUT2D eigenvalue weighted by molar-refractivity contribution is -0.121. The minimum absolute atomic E-state index is 0.195. The minimum Gasteiger partial charge on any atom is -0.410 e. The van der Waals surface area contributed by atoms with E-state index in [9.17, 15) is 9.18 Å². The molecule has 0 saturated heterocycles. The normalized spacial score (nSPS) is 11.4. The second-order valence-electron chi connectivity index (χ2n) is 5.22. The summed E-state index contributed by atoms with van der Waals surface area (Å²) >= 11 is 0. The van der Waals surface area contributed by atoms with Crippen molar-refractivity contribution < 1.29 is 13.9 Å². The first-order valence-electron chi connectivity index (χ1n) is 5.88. The van der Waals surface area contributed by atoms with Crippen molar-refractivity contribution in [2.24, 2.45) is 0 Å². The van der Waals surface area contributed by atoms with Crippen LogP contribution in [0, 0.1) is 5.82 Å². The molecule has 0 fully saturated rings. The van der Waals surface area contributed by atoms with Crippen LogP contribution in [-0.2, 0) is 10.2 Å². The van der Waals surface area contributed by atoms with Crippen molar-refractivity contribution in [1.82, 2.24) is 9.78 Å². The summed E-state index contributed by atoms with van der Waals surface area (Å²) in [7, 11) is 0. The van der Waals surface area contributed by atoms with Crippen molar-refractivity contribution in [1.29, 1.82) is 0 Å². The van der Waals surface area contributed by atoms with E-state index >= 15 is 0 Å². The number of hydrogen-bond donors (Lipinski definition) is 0. The van der Waals surface area contributed by atoms with Crippen LogP contribution in [0.15, 0.2) is 30.3 Å². The maximum atomic E-state index is 13.3. The Balaban J connectivity index is 2.55. The molecule has 100 valence electrons. The molecule has 0 bridgehead atoms. The van der Waals surface area contributed by atoms with Gasteiger partial charge in [0.25, 0.3) is 6.47 Å². The van der Waals surface area contributed by atoms with Crippen LogP contribution in [0.25, 0.3) is 5.69 Å². The topological polar surface area (TPSA) is 44.1 Å². The molecule has 1 aromatic carbocycles. The van der Waals surface area contributed by atoms with E-state index in [4.69, 9.17) is 4.74 Å². The zero-order valence-corrected chi connectivity index (χ0v) is 11.1. The maximum absolute atomic E-state index is 13.3. The molecule has 0 saturated carbocycles. The molecular formula is C14H15FN2O2. The highest BCUT2D eigenvalue weighted by atomic mass is 19.1. The average molecular weight is 262 g/mol. The zero-order chi connectivity index (χ0) is 14.0. The van der Waals surface area contributed by atoms with E-state index in [1.807, 2.05) is 20.8 Å². The molecule has 4 nitrogen and oxygen atoms in total. The van der Waals surface area contributed by atoms with Crippen LogP contribution in [0.5, 0.6) is 5.88 Å². The molecule has 5 heteroatoms. The van der Waals surface area contributed by atoms with Gasteiger partial charge in [0.15, 0.2) is 0 Å². The van der Waals surface area contributed by atoms with Crippen LogP contribution < -0.4 is 4.74 Å². The Morgan fingerprint density at radius 2 is 2.05 bits per heavy atom. The molecule has 2 rings (SSSR count). The van der Waals surface area contributed by atoms with E-state index in [0.29, 0.717) is 12.2 Å². The number of carbonyl (C=O) groups is 1. The fourth-order valence-electron chi connectivity index (χ4n) is 1.66. The number of nitrogens with zero attached hydrogens (tertiary/aromatic N) is 2. The molecule has 0 aliphatic heterocycles. The number of benzene rings is 1. The van der Waals surface area contributed by atoms with E-state index in [0.717, 1.165) is 5.69 Å². The molecule has 2 aromatic rings. The molecule has 0 unspecified atom stereocenters. The number of hydrogen-bond acceptors (Lipinski definition) is 3. The summed E-state index contributed by atoms with van der Waals surface area (Å²) in [6, 6.07) is 7.63. The van der Waals surface area contributed by atoms with Gasteiger partial charge in [0.1, 0.15) is 5.82 Å². The summed E-state index contributed by atoms with van der Waals surface area (Å²) in [4.78, 5) is 10.5. The fourth-order valence-corrected chi connectivity index (χ4v) is 1.66. The summed E-state index contributed by atoms with van der Waals surface area (Å²) in [5.41, 5.74) is 1.07. The van der Waals surface area contributed by atoms with Crippen molar-refractivity contribution in [3.05, 3.63) is 41.8 Å². The van der Waals surface area contributed by atoms with E-state index in [1.54, 1.807) is 18.2 Å². The van der Waals surface area contributed by atoms with Gasteiger partial charge in [-0.3, -0.25) is 4.79 Å². The Hall–Kier alpha value is -2.17. The van der Waals surface area contributed by atoms with Crippen molar-refractivity contribution >= 4 is 6.47 Å². The maximum Gasteiger partial charge on any atom is 0.299 e. The monoisotopic (exact) mass is 262 g/mol. The molecular weight excluding hydrogens is 247 g/mol. The lowest BCUT2D eigenvalue weighted by Gasteiger charge is -2.13. The largest absolute Gasteiger partial charge is 0.410 e. The highest BCUT2D eigenvalue weighted by Crippen LogP contribution is 2.27. The SMILES string of the molecule is CC(C)(C)c1cc(OC=O)n(-c2cccc(F)c2)n1. The summed E-state index contributed by atoms with van der Waals surface area (Å²) in [5, 5.41) is 4.38. The van der Waals surface area contributed by atoms with E-state index in [-0.39, 0.29) is 17.1 Å². The van der Waals surface area contributed by atoms with Crippen molar-refractivity contribution in [3.63, 3.8) is 0 Å². The summed E-state index contributed by atoms with van der Waals surface area (Å²) in [5.74, 6) is -0.104. The van der Waals surface area contributed by atoms with Gasteiger partial charge in [-0.1, -0.05) is 26.8 Å². The van der Waals surface area contributed by atoms with Gasteiger partial charge in [0, 0.05) is 11.5 Å². The minimum atomic E-state index is -0.373. The van der Waals surface area contributed by atoms with Crippen LogP contribution in [-0.4, -0.2) is 16.3 Å². The first-order chi connectivity index (χ1) is 8.91. The second-order valence-corrected chi connectivity index (χ2v) is 5.22. The Labute approximate surface area is 110 Å². The molecule has 0 aliphatic carbocycles. The summed E-state index contributed by atoms with van der Waals surface area (Å²) in [6.45, 7) is 6.32. The van der Waals surface area contributed by atoms with E-state index in [2.05, 4.69) is 5.10 Å². The lowest BCUT2D eigenvalue weighted by atomic mass is 9.93. The second kappa shape index (κ2) is 4.84. The highest BCUT2D eigenvalue weighted by molar-refractivity contribution is 5.46. The first kappa shape index (κ1) is 13.3. The molecule has 0 spiro atoms. The Bertz CT molecular complexity index is 600. The summed E-state index contributed by atoms with van der Waals surface area (Å²) in [6.07, 6.45) is 0. The quantitative estimate of drug-likeness (QED) is 0.799. The Morgan fingerprint density at radius 3 is 2.63 bits per heavy atom. The third-order valence-electron chi connectivity index (χ3n) is 2.67. The number of rotatable bonds is 3. The molecule has 0 atom stereocenters. The molecule has 19 heavy (non-hydrogen) atoms. The van der Waals surface area contributed by atoms with Gasteiger partial charge in [-0.25, -0.2) is 9.07 Å². The molecule has 1 aromatic heterocycles. The van der Waals surface area contributed by atoms with Gasteiger partial charge < -0.3 is 4.74 Å². The zero-order valence-electron chi connectivity index (χ0n) is 11.1. The first-order valence-corrected chi connectivity index (χ1v) is 5.88. The predicted octanol–water partition coefficient (Wildman–Crippen LogP) is 2.84. The highest BCUT2D eigenvalue weighted by Gasteiger charge is 2.21. The van der Waals surface area contributed by atoms with Crippen LogP contribution >= 0.6 is 0 Å².